The standard InChI is InChI=1S/C6H12N2O3/c7-5(10)2-1-4(9)3-6(8)11/h4,9H,1-3H2,(H2,7,10)(H2,8,11). The molecule has 0 fully saturated rings. The van der Waals surface area contributed by atoms with Crippen molar-refractivity contribution in [3.05, 3.63) is 0 Å². The van der Waals surface area contributed by atoms with E-state index in [1.807, 2.05) is 0 Å². The fourth-order valence-electron chi connectivity index (χ4n) is 0.643. The van der Waals surface area contributed by atoms with Gasteiger partial charge in [0.1, 0.15) is 0 Å². The van der Waals surface area contributed by atoms with Crippen LogP contribution < -0.4 is 11.5 Å². The van der Waals surface area contributed by atoms with Crippen LogP contribution in [-0.4, -0.2) is 23.0 Å². The van der Waals surface area contributed by atoms with Gasteiger partial charge >= 0.3 is 0 Å². The van der Waals surface area contributed by atoms with Crippen LogP contribution in [-0.2, 0) is 9.59 Å². The summed E-state index contributed by atoms with van der Waals surface area (Å²) >= 11 is 0. The molecule has 5 nitrogen and oxygen atoms in total. The number of carbonyl (C=O) groups is 2. The predicted molar refractivity (Wildman–Crippen MR) is 38.2 cm³/mol. The van der Waals surface area contributed by atoms with Gasteiger partial charge in [0.05, 0.1) is 12.5 Å². The second-order valence-corrected chi connectivity index (χ2v) is 2.33. The molecule has 11 heavy (non-hydrogen) atoms. The van der Waals surface area contributed by atoms with Crippen molar-refractivity contribution >= 4 is 11.8 Å². The second-order valence-electron chi connectivity index (χ2n) is 2.33. The van der Waals surface area contributed by atoms with E-state index in [-0.39, 0.29) is 19.3 Å². The van der Waals surface area contributed by atoms with Crippen LogP contribution >= 0.6 is 0 Å². The number of primary amides is 2. The monoisotopic (exact) mass is 160 g/mol. The number of aliphatic hydroxyl groups is 1. The minimum absolute atomic E-state index is 0.0778. The quantitative estimate of drug-likeness (QED) is 0.455. The van der Waals surface area contributed by atoms with Crippen molar-refractivity contribution in [2.24, 2.45) is 11.5 Å². The van der Waals surface area contributed by atoms with Gasteiger partial charge in [0, 0.05) is 6.42 Å². The van der Waals surface area contributed by atoms with Gasteiger partial charge in [-0.15, -0.1) is 0 Å². The molecule has 0 radical (unpaired) electrons. The number of rotatable bonds is 5. The van der Waals surface area contributed by atoms with Crippen LogP contribution in [0.5, 0.6) is 0 Å². The smallest absolute Gasteiger partial charge is 0.220 e. The van der Waals surface area contributed by atoms with Crippen LogP contribution in [0.15, 0.2) is 0 Å². The van der Waals surface area contributed by atoms with Crippen LogP contribution in [0.3, 0.4) is 0 Å². The number of aliphatic hydroxyl groups excluding tert-OH is 1. The molecule has 0 spiro atoms. The summed E-state index contributed by atoms with van der Waals surface area (Å²) in [6, 6.07) is 0. The Hall–Kier alpha value is -1.10. The van der Waals surface area contributed by atoms with Gasteiger partial charge in [-0.1, -0.05) is 0 Å². The molecule has 0 bridgehead atoms. The molecular weight excluding hydrogens is 148 g/mol. The van der Waals surface area contributed by atoms with E-state index < -0.39 is 17.9 Å². The highest BCUT2D eigenvalue weighted by Gasteiger charge is 2.08. The summed E-state index contributed by atoms with van der Waals surface area (Å²) in [4.78, 5) is 20.4. The van der Waals surface area contributed by atoms with Crippen molar-refractivity contribution in [2.75, 3.05) is 0 Å². The number of hydrogen-bond acceptors (Lipinski definition) is 3. The summed E-state index contributed by atoms with van der Waals surface area (Å²) in [6.45, 7) is 0. The van der Waals surface area contributed by atoms with E-state index in [0.29, 0.717) is 0 Å². The van der Waals surface area contributed by atoms with Gasteiger partial charge in [0.15, 0.2) is 0 Å². The van der Waals surface area contributed by atoms with Crippen molar-refractivity contribution in [3.63, 3.8) is 0 Å². The van der Waals surface area contributed by atoms with E-state index in [0.717, 1.165) is 0 Å². The fourth-order valence-corrected chi connectivity index (χ4v) is 0.643. The zero-order chi connectivity index (χ0) is 8.85. The molecule has 0 saturated carbocycles. The normalized spacial score (nSPS) is 12.5. The van der Waals surface area contributed by atoms with E-state index in [9.17, 15) is 9.59 Å². The Morgan fingerprint density at radius 3 is 2.18 bits per heavy atom. The zero-order valence-corrected chi connectivity index (χ0v) is 6.12. The zero-order valence-electron chi connectivity index (χ0n) is 6.12. The molecule has 64 valence electrons. The van der Waals surface area contributed by atoms with Crippen molar-refractivity contribution in [1.29, 1.82) is 0 Å². The molecule has 0 saturated heterocycles. The lowest BCUT2D eigenvalue weighted by molar-refractivity contribution is -0.122. The first kappa shape index (κ1) is 9.90. The third-order valence-corrected chi connectivity index (χ3v) is 1.16. The first-order chi connectivity index (χ1) is 5.02. The maximum atomic E-state index is 10.2. The summed E-state index contributed by atoms with van der Waals surface area (Å²) in [6.07, 6.45) is -0.694. The van der Waals surface area contributed by atoms with E-state index in [4.69, 9.17) is 16.6 Å². The van der Waals surface area contributed by atoms with Crippen molar-refractivity contribution < 1.29 is 14.7 Å². The van der Waals surface area contributed by atoms with Gasteiger partial charge < -0.3 is 16.6 Å². The molecule has 0 aliphatic carbocycles. The van der Waals surface area contributed by atoms with Gasteiger partial charge in [0.2, 0.25) is 11.8 Å². The van der Waals surface area contributed by atoms with Gasteiger partial charge in [-0.3, -0.25) is 9.59 Å². The number of hydrogen-bond donors (Lipinski definition) is 3. The molecule has 1 unspecified atom stereocenters. The van der Waals surface area contributed by atoms with Crippen LogP contribution in [0.4, 0.5) is 0 Å². The Morgan fingerprint density at radius 2 is 1.82 bits per heavy atom. The summed E-state index contributed by atoms with van der Waals surface area (Å²) in [5.74, 6) is -1.07. The molecule has 0 aromatic heterocycles. The summed E-state index contributed by atoms with van der Waals surface area (Å²) < 4.78 is 0. The summed E-state index contributed by atoms with van der Waals surface area (Å²) in [7, 11) is 0. The Morgan fingerprint density at radius 1 is 1.27 bits per heavy atom. The first-order valence-electron chi connectivity index (χ1n) is 3.27. The highest BCUT2D eigenvalue weighted by atomic mass is 16.3. The molecule has 0 aromatic carbocycles. The van der Waals surface area contributed by atoms with E-state index >= 15 is 0 Å². The Balaban J connectivity index is 3.44. The molecule has 0 aromatic rings. The number of carbonyl (C=O) groups excluding carboxylic acids is 2. The lowest BCUT2D eigenvalue weighted by Gasteiger charge is -2.04. The van der Waals surface area contributed by atoms with Gasteiger partial charge in [-0.25, -0.2) is 0 Å². The summed E-state index contributed by atoms with van der Waals surface area (Å²) in [5.41, 5.74) is 9.59. The van der Waals surface area contributed by atoms with Crippen LogP contribution in [0.1, 0.15) is 19.3 Å². The van der Waals surface area contributed by atoms with Gasteiger partial charge in [-0.05, 0) is 6.42 Å². The molecule has 5 N–H and O–H groups in total. The average molecular weight is 160 g/mol. The van der Waals surface area contributed by atoms with Gasteiger partial charge in [-0.2, -0.15) is 0 Å². The largest absolute Gasteiger partial charge is 0.393 e. The Bertz CT molecular complexity index is 158. The Labute approximate surface area is 64.4 Å². The highest BCUT2D eigenvalue weighted by Crippen LogP contribution is 1.99. The maximum absolute atomic E-state index is 10.2. The molecular formula is C6H12N2O3. The lowest BCUT2D eigenvalue weighted by atomic mass is 10.1. The molecule has 0 aliphatic rings. The molecule has 0 aliphatic heterocycles. The van der Waals surface area contributed by atoms with Gasteiger partial charge in [0.25, 0.3) is 0 Å². The van der Waals surface area contributed by atoms with Crippen LogP contribution in [0, 0.1) is 0 Å². The third-order valence-electron chi connectivity index (χ3n) is 1.16. The molecule has 2 amide bonds. The van der Waals surface area contributed by atoms with Crippen molar-refractivity contribution in [1.82, 2.24) is 0 Å². The molecule has 0 rings (SSSR count). The molecule has 1 atom stereocenters. The number of amides is 2. The minimum Gasteiger partial charge on any atom is -0.393 e. The van der Waals surface area contributed by atoms with Crippen LogP contribution in [0.2, 0.25) is 0 Å². The van der Waals surface area contributed by atoms with Crippen molar-refractivity contribution in [3.8, 4) is 0 Å². The summed E-state index contributed by atoms with van der Waals surface area (Å²) in [5, 5.41) is 8.96. The average Bonchev–Trinajstić information content (AvgIpc) is 1.82. The minimum atomic E-state index is -0.847. The van der Waals surface area contributed by atoms with E-state index in [1.165, 1.54) is 0 Å². The second kappa shape index (κ2) is 4.68. The van der Waals surface area contributed by atoms with E-state index in [2.05, 4.69) is 0 Å². The predicted octanol–water partition coefficient (Wildman–Crippen LogP) is -1.51. The Kier molecular flexibility index (Phi) is 4.21. The lowest BCUT2D eigenvalue weighted by Crippen LogP contribution is -2.21. The SMILES string of the molecule is NC(=O)CCC(O)CC(N)=O. The topological polar surface area (TPSA) is 106 Å². The first-order valence-corrected chi connectivity index (χ1v) is 3.27. The fraction of sp³-hybridized carbons (Fsp3) is 0.667. The van der Waals surface area contributed by atoms with E-state index in [1.54, 1.807) is 0 Å². The molecule has 5 heteroatoms. The third kappa shape index (κ3) is 6.79. The molecule has 0 heterocycles. The van der Waals surface area contributed by atoms with Crippen molar-refractivity contribution in [2.45, 2.75) is 25.4 Å². The highest BCUT2D eigenvalue weighted by molar-refractivity contribution is 5.75. The van der Waals surface area contributed by atoms with Crippen LogP contribution in [0.25, 0.3) is 0 Å². The number of nitrogens with two attached hydrogens (primary N) is 2. The maximum Gasteiger partial charge on any atom is 0.220 e.